The molecule has 0 saturated heterocycles. The standard InChI is InChI=1S/C13H13FN4O2S/c1-17-7-6-16-13(17)9-18(2)21(19,20)12-5-3-4-11(14)10(12)8-15/h3-7H,9H2,1-2H3. The number of imidazole rings is 1. The topological polar surface area (TPSA) is 79.0 Å². The Hall–Kier alpha value is -2.24. The van der Waals surface area contributed by atoms with Gasteiger partial charge in [-0.2, -0.15) is 9.57 Å². The largest absolute Gasteiger partial charge is 0.337 e. The summed E-state index contributed by atoms with van der Waals surface area (Å²) < 4.78 is 41.2. The predicted octanol–water partition coefficient (Wildman–Crippen LogP) is 1.25. The van der Waals surface area contributed by atoms with Gasteiger partial charge in [-0.15, -0.1) is 0 Å². The van der Waals surface area contributed by atoms with Gasteiger partial charge in [0.25, 0.3) is 0 Å². The minimum Gasteiger partial charge on any atom is -0.337 e. The predicted molar refractivity (Wildman–Crippen MR) is 73.0 cm³/mol. The highest BCUT2D eigenvalue weighted by Crippen LogP contribution is 2.22. The molecule has 0 aliphatic rings. The molecule has 1 aromatic heterocycles. The molecule has 1 heterocycles. The fourth-order valence-corrected chi connectivity index (χ4v) is 3.10. The van der Waals surface area contributed by atoms with E-state index in [1.807, 2.05) is 0 Å². The van der Waals surface area contributed by atoms with Gasteiger partial charge >= 0.3 is 0 Å². The molecule has 0 fully saturated rings. The van der Waals surface area contributed by atoms with Gasteiger partial charge in [-0.1, -0.05) is 6.07 Å². The summed E-state index contributed by atoms with van der Waals surface area (Å²) in [7, 11) is -0.881. The second-order valence-electron chi connectivity index (χ2n) is 4.44. The zero-order valence-corrected chi connectivity index (χ0v) is 12.3. The molecule has 21 heavy (non-hydrogen) atoms. The number of aryl methyl sites for hydroxylation is 1. The second-order valence-corrected chi connectivity index (χ2v) is 6.45. The maximum Gasteiger partial charge on any atom is 0.244 e. The first kappa shape index (κ1) is 15.2. The number of rotatable bonds is 4. The lowest BCUT2D eigenvalue weighted by atomic mass is 10.2. The summed E-state index contributed by atoms with van der Waals surface area (Å²) in [4.78, 5) is 3.70. The Morgan fingerprint density at radius 1 is 1.48 bits per heavy atom. The highest BCUT2D eigenvalue weighted by Gasteiger charge is 2.26. The van der Waals surface area contributed by atoms with Gasteiger partial charge in [-0.3, -0.25) is 0 Å². The van der Waals surface area contributed by atoms with Crippen LogP contribution in [0.1, 0.15) is 11.4 Å². The summed E-state index contributed by atoms with van der Waals surface area (Å²) in [6.07, 6.45) is 3.25. The van der Waals surface area contributed by atoms with Crippen LogP contribution in [0.2, 0.25) is 0 Å². The molecule has 8 heteroatoms. The Bertz CT molecular complexity index is 808. The lowest BCUT2D eigenvalue weighted by Crippen LogP contribution is -2.28. The van der Waals surface area contributed by atoms with Crippen molar-refractivity contribution < 1.29 is 12.8 Å². The van der Waals surface area contributed by atoms with E-state index in [-0.39, 0.29) is 11.4 Å². The van der Waals surface area contributed by atoms with E-state index in [9.17, 15) is 12.8 Å². The SMILES string of the molecule is CN(Cc1nccn1C)S(=O)(=O)c1cccc(F)c1C#N. The van der Waals surface area contributed by atoms with Crippen LogP contribution in [0.3, 0.4) is 0 Å². The zero-order chi connectivity index (χ0) is 15.6. The maximum absolute atomic E-state index is 13.6. The molecular formula is C13H13FN4O2S. The minimum atomic E-state index is -3.98. The number of nitriles is 1. The van der Waals surface area contributed by atoms with Crippen LogP contribution in [0.25, 0.3) is 0 Å². The van der Waals surface area contributed by atoms with E-state index >= 15 is 0 Å². The van der Waals surface area contributed by atoms with Gasteiger partial charge in [0.1, 0.15) is 28.2 Å². The molecule has 0 N–H and O–H groups in total. The van der Waals surface area contributed by atoms with E-state index in [1.165, 1.54) is 19.2 Å². The van der Waals surface area contributed by atoms with E-state index in [0.717, 1.165) is 10.4 Å². The Labute approximate surface area is 122 Å². The number of sulfonamides is 1. The number of hydrogen-bond acceptors (Lipinski definition) is 4. The summed E-state index contributed by atoms with van der Waals surface area (Å²) in [5.74, 6) is -0.319. The Balaban J connectivity index is 2.41. The van der Waals surface area contributed by atoms with Crippen LogP contribution in [0.5, 0.6) is 0 Å². The van der Waals surface area contributed by atoms with Crippen LogP contribution >= 0.6 is 0 Å². The molecule has 0 radical (unpaired) electrons. The van der Waals surface area contributed by atoms with Crippen LogP contribution in [-0.2, 0) is 23.6 Å². The molecule has 0 unspecified atom stereocenters. The van der Waals surface area contributed by atoms with E-state index in [4.69, 9.17) is 5.26 Å². The molecule has 0 amide bonds. The minimum absolute atomic E-state index is 0.0210. The van der Waals surface area contributed by atoms with E-state index in [1.54, 1.807) is 30.1 Å². The summed E-state index contributed by atoms with van der Waals surface area (Å²) in [6.45, 7) is 0.0210. The van der Waals surface area contributed by atoms with Crippen molar-refractivity contribution in [2.24, 2.45) is 7.05 Å². The van der Waals surface area contributed by atoms with Crippen molar-refractivity contribution in [3.05, 3.63) is 47.8 Å². The molecule has 0 saturated carbocycles. The fraction of sp³-hybridized carbons (Fsp3) is 0.231. The fourth-order valence-electron chi connectivity index (χ4n) is 1.83. The zero-order valence-electron chi connectivity index (χ0n) is 11.5. The highest BCUT2D eigenvalue weighted by atomic mass is 32.2. The van der Waals surface area contributed by atoms with Crippen molar-refractivity contribution in [1.82, 2.24) is 13.9 Å². The smallest absolute Gasteiger partial charge is 0.244 e. The molecule has 110 valence electrons. The van der Waals surface area contributed by atoms with Crippen LogP contribution in [0.15, 0.2) is 35.5 Å². The van der Waals surface area contributed by atoms with Gasteiger partial charge in [-0.05, 0) is 12.1 Å². The molecule has 0 spiro atoms. The van der Waals surface area contributed by atoms with Crippen molar-refractivity contribution in [3.8, 4) is 6.07 Å². The molecule has 0 aliphatic carbocycles. The van der Waals surface area contributed by atoms with Crippen molar-refractivity contribution in [2.45, 2.75) is 11.4 Å². The highest BCUT2D eigenvalue weighted by molar-refractivity contribution is 7.89. The Morgan fingerprint density at radius 2 is 2.19 bits per heavy atom. The van der Waals surface area contributed by atoms with Crippen molar-refractivity contribution in [1.29, 1.82) is 5.26 Å². The van der Waals surface area contributed by atoms with Gasteiger partial charge < -0.3 is 4.57 Å². The maximum atomic E-state index is 13.6. The Kier molecular flexibility index (Phi) is 4.06. The number of nitrogens with zero attached hydrogens (tertiary/aromatic N) is 4. The van der Waals surface area contributed by atoms with Gasteiger partial charge in [0, 0.05) is 26.5 Å². The van der Waals surface area contributed by atoms with Gasteiger partial charge in [0.05, 0.1) is 6.54 Å². The first-order chi connectivity index (χ1) is 9.87. The third kappa shape index (κ3) is 2.79. The van der Waals surface area contributed by atoms with E-state index in [2.05, 4.69) is 4.98 Å². The van der Waals surface area contributed by atoms with Crippen LogP contribution in [0, 0.1) is 17.1 Å². The molecule has 0 aliphatic heterocycles. The summed E-state index contributed by atoms with van der Waals surface area (Å²) >= 11 is 0. The van der Waals surface area contributed by atoms with Crippen molar-refractivity contribution >= 4 is 10.0 Å². The average molecular weight is 308 g/mol. The second kappa shape index (κ2) is 5.63. The van der Waals surface area contributed by atoms with E-state index < -0.39 is 21.4 Å². The normalized spacial score (nSPS) is 11.6. The molecule has 6 nitrogen and oxygen atoms in total. The van der Waals surface area contributed by atoms with Gasteiger partial charge in [-0.25, -0.2) is 17.8 Å². The number of aromatic nitrogens is 2. The molecule has 0 bridgehead atoms. The molecule has 2 rings (SSSR count). The monoisotopic (exact) mass is 308 g/mol. The van der Waals surface area contributed by atoms with E-state index in [0.29, 0.717) is 5.82 Å². The number of hydrogen-bond donors (Lipinski definition) is 0. The molecule has 1 aromatic carbocycles. The summed E-state index contributed by atoms with van der Waals surface area (Å²) in [5, 5.41) is 8.96. The van der Waals surface area contributed by atoms with Crippen molar-refractivity contribution in [2.75, 3.05) is 7.05 Å². The van der Waals surface area contributed by atoms with Gasteiger partial charge in [0.2, 0.25) is 10.0 Å². The summed E-state index contributed by atoms with van der Waals surface area (Å²) in [6, 6.07) is 5.12. The molecule has 0 atom stereocenters. The van der Waals surface area contributed by atoms with Crippen LogP contribution in [0.4, 0.5) is 4.39 Å². The molecular weight excluding hydrogens is 295 g/mol. The molecule has 2 aromatic rings. The van der Waals surface area contributed by atoms with Crippen LogP contribution < -0.4 is 0 Å². The first-order valence-corrected chi connectivity index (χ1v) is 7.43. The third-order valence-electron chi connectivity index (χ3n) is 3.06. The van der Waals surface area contributed by atoms with Crippen molar-refractivity contribution in [3.63, 3.8) is 0 Å². The van der Waals surface area contributed by atoms with Crippen LogP contribution in [-0.4, -0.2) is 29.3 Å². The van der Waals surface area contributed by atoms with Gasteiger partial charge in [0.15, 0.2) is 0 Å². The summed E-state index contributed by atoms with van der Waals surface area (Å²) in [5.41, 5.74) is -0.482. The third-order valence-corrected chi connectivity index (χ3v) is 4.91. The average Bonchev–Trinajstić information content (AvgIpc) is 2.84. The lowest BCUT2D eigenvalue weighted by Gasteiger charge is -2.17. The lowest BCUT2D eigenvalue weighted by molar-refractivity contribution is 0.450. The number of benzene rings is 1. The first-order valence-electron chi connectivity index (χ1n) is 5.99. The number of halogens is 1. The quantitative estimate of drug-likeness (QED) is 0.851. The Morgan fingerprint density at radius 3 is 2.76 bits per heavy atom.